The van der Waals surface area contributed by atoms with E-state index in [1.54, 1.807) is 0 Å². The molecule has 2 aromatic carbocycles. The zero-order valence-corrected chi connectivity index (χ0v) is 15.3. The Kier molecular flexibility index (Phi) is 4.02. The summed E-state index contributed by atoms with van der Waals surface area (Å²) in [5, 5.41) is 9.65. The number of aromatic nitrogens is 4. The lowest BCUT2D eigenvalue weighted by molar-refractivity contribution is 0.0995. The highest BCUT2D eigenvalue weighted by Crippen LogP contribution is 2.32. The van der Waals surface area contributed by atoms with Crippen molar-refractivity contribution in [3.05, 3.63) is 54.4 Å². The monoisotopic (exact) mass is 372 g/mol. The molecule has 7 heteroatoms. The van der Waals surface area contributed by atoms with Gasteiger partial charge in [-0.05, 0) is 32.0 Å². The van der Waals surface area contributed by atoms with Crippen LogP contribution < -0.4 is 11.1 Å². The van der Waals surface area contributed by atoms with Crippen molar-refractivity contribution in [3.63, 3.8) is 0 Å². The number of fused-ring (bicyclic) bond motifs is 3. The lowest BCUT2D eigenvalue weighted by atomic mass is 10.1. The van der Waals surface area contributed by atoms with Crippen LogP contribution in [-0.4, -0.2) is 38.7 Å². The largest absolute Gasteiger partial charge is 0.364 e. The summed E-state index contributed by atoms with van der Waals surface area (Å²) >= 11 is 0. The molecule has 140 valence electrons. The molecule has 0 radical (unpaired) electrons. The van der Waals surface area contributed by atoms with E-state index in [0.29, 0.717) is 11.5 Å². The standard InChI is InChI=1S/C21H20N6O/c22-20(28)18-16-7-6-14-12-24-21(13-4-2-1-3-5-13)25-17(14)19(16)27(26-18)15-8-10-23-11-9-15/h1-7,12,15,23H,8-11H2,(H2,22,28). The van der Waals surface area contributed by atoms with Gasteiger partial charge in [0.25, 0.3) is 5.91 Å². The summed E-state index contributed by atoms with van der Waals surface area (Å²) in [6.07, 6.45) is 3.72. The maximum atomic E-state index is 12.0. The molecule has 0 bridgehead atoms. The van der Waals surface area contributed by atoms with E-state index in [2.05, 4.69) is 15.4 Å². The minimum Gasteiger partial charge on any atom is -0.364 e. The van der Waals surface area contributed by atoms with E-state index in [1.807, 2.05) is 53.3 Å². The molecule has 1 saturated heterocycles. The summed E-state index contributed by atoms with van der Waals surface area (Å²) in [6, 6.07) is 13.9. The quantitative estimate of drug-likeness (QED) is 0.576. The third kappa shape index (κ3) is 2.71. The molecule has 28 heavy (non-hydrogen) atoms. The summed E-state index contributed by atoms with van der Waals surface area (Å²) < 4.78 is 1.96. The minimum absolute atomic E-state index is 0.206. The number of nitrogens with two attached hydrogens (primary N) is 1. The Balaban J connectivity index is 1.80. The van der Waals surface area contributed by atoms with Crippen molar-refractivity contribution in [2.24, 2.45) is 5.73 Å². The van der Waals surface area contributed by atoms with Gasteiger partial charge >= 0.3 is 0 Å². The van der Waals surface area contributed by atoms with Crippen LogP contribution in [0.1, 0.15) is 29.4 Å². The molecule has 0 unspecified atom stereocenters. The van der Waals surface area contributed by atoms with Crippen LogP contribution in [-0.2, 0) is 0 Å². The van der Waals surface area contributed by atoms with Gasteiger partial charge in [-0.2, -0.15) is 5.10 Å². The molecule has 5 rings (SSSR count). The number of benzene rings is 2. The third-order valence-corrected chi connectivity index (χ3v) is 5.34. The predicted octanol–water partition coefficient (Wildman–Crippen LogP) is 2.67. The van der Waals surface area contributed by atoms with E-state index in [1.165, 1.54) is 0 Å². The third-order valence-electron chi connectivity index (χ3n) is 5.34. The number of carbonyl (C=O) groups is 1. The lowest BCUT2D eigenvalue weighted by Gasteiger charge is -2.23. The maximum Gasteiger partial charge on any atom is 0.269 e. The molecule has 7 nitrogen and oxygen atoms in total. The molecule has 3 heterocycles. The topological polar surface area (TPSA) is 98.7 Å². The van der Waals surface area contributed by atoms with Gasteiger partial charge in [0.05, 0.1) is 11.6 Å². The first kappa shape index (κ1) is 16.8. The van der Waals surface area contributed by atoms with Crippen LogP contribution in [0.15, 0.2) is 48.7 Å². The van der Waals surface area contributed by atoms with Crippen LogP contribution in [0.2, 0.25) is 0 Å². The van der Waals surface area contributed by atoms with Gasteiger partial charge < -0.3 is 11.1 Å². The van der Waals surface area contributed by atoms with Crippen molar-refractivity contribution in [2.45, 2.75) is 18.9 Å². The van der Waals surface area contributed by atoms with Crippen molar-refractivity contribution in [2.75, 3.05) is 13.1 Å². The molecule has 1 fully saturated rings. The van der Waals surface area contributed by atoms with Gasteiger partial charge in [-0.15, -0.1) is 0 Å². The Bertz CT molecular complexity index is 1180. The van der Waals surface area contributed by atoms with Gasteiger partial charge in [0, 0.05) is 22.5 Å². The van der Waals surface area contributed by atoms with Crippen LogP contribution in [0.25, 0.3) is 33.2 Å². The molecule has 2 aromatic heterocycles. The number of primary amides is 1. The molecular weight excluding hydrogens is 352 g/mol. The van der Waals surface area contributed by atoms with Crippen molar-refractivity contribution in [3.8, 4) is 11.4 Å². The molecule has 1 amide bonds. The summed E-state index contributed by atoms with van der Waals surface area (Å²) in [6.45, 7) is 1.85. The molecule has 4 aromatic rings. The number of nitrogens with zero attached hydrogens (tertiary/aromatic N) is 4. The van der Waals surface area contributed by atoms with Crippen LogP contribution in [0.3, 0.4) is 0 Å². The van der Waals surface area contributed by atoms with Gasteiger partial charge in [-0.3, -0.25) is 9.48 Å². The Hall–Kier alpha value is -3.32. The van der Waals surface area contributed by atoms with Crippen molar-refractivity contribution >= 4 is 27.7 Å². The normalized spacial score (nSPS) is 15.3. The van der Waals surface area contributed by atoms with Gasteiger partial charge in [0.2, 0.25) is 0 Å². The molecule has 0 atom stereocenters. The van der Waals surface area contributed by atoms with E-state index in [0.717, 1.165) is 53.3 Å². The van der Waals surface area contributed by atoms with Gasteiger partial charge in [-0.1, -0.05) is 36.4 Å². The highest BCUT2D eigenvalue weighted by Gasteiger charge is 2.24. The second kappa shape index (κ2) is 6.69. The highest BCUT2D eigenvalue weighted by atomic mass is 16.1. The first-order valence-electron chi connectivity index (χ1n) is 9.46. The van der Waals surface area contributed by atoms with E-state index in [4.69, 9.17) is 10.7 Å². The SMILES string of the molecule is NC(=O)c1nn(C2CCNCC2)c2c1ccc1cnc(-c3ccccc3)nc12. The molecule has 0 saturated carbocycles. The van der Waals surface area contributed by atoms with Crippen LogP contribution >= 0.6 is 0 Å². The zero-order valence-electron chi connectivity index (χ0n) is 15.3. The number of piperidine rings is 1. The average Bonchev–Trinajstić information content (AvgIpc) is 3.15. The van der Waals surface area contributed by atoms with Crippen LogP contribution in [0, 0.1) is 0 Å². The predicted molar refractivity (Wildman–Crippen MR) is 108 cm³/mol. The number of hydrogen-bond acceptors (Lipinski definition) is 5. The second-order valence-corrected chi connectivity index (χ2v) is 7.10. The van der Waals surface area contributed by atoms with Gasteiger partial charge in [0.1, 0.15) is 5.52 Å². The molecular formula is C21H20N6O. The molecule has 0 spiro atoms. The average molecular weight is 372 g/mol. The Labute approximate surface area is 161 Å². The number of nitrogens with one attached hydrogen (secondary N) is 1. The highest BCUT2D eigenvalue weighted by molar-refractivity contribution is 6.11. The Morgan fingerprint density at radius 3 is 2.64 bits per heavy atom. The van der Waals surface area contributed by atoms with Crippen molar-refractivity contribution in [1.29, 1.82) is 0 Å². The van der Waals surface area contributed by atoms with Crippen LogP contribution in [0.5, 0.6) is 0 Å². The minimum atomic E-state index is -0.519. The fourth-order valence-corrected chi connectivity index (χ4v) is 3.94. The zero-order chi connectivity index (χ0) is 19.1. The van der Waals surface area contributed by atoms with Gasteiger partial charge in [-0.25, -0.2) is 9.97 Å². The number of rotatable bonds is 3. The number of amides is 1. The summed E-state index contributed by atoms with van der Waals surface area (Å²) in [7, 11) is 0. The molecule has 1 aliphatic heterocycles. The summed E-state index contributed by atoms with van der Waals surface area (Å²) in [4.78, 5) is 21.4. The van der Waals surface area contributed by atoms with Gasteiger partial charge in [0.15, 0.2) is 11.5 Å². The second-order valence-electron chi connectivity index (χ2n) is 7.10. The first-order valence-corrected chi connectivity index (χ1v) is 9.46. The fraction of sp³-hybridized carbons (Fsp3) is 0.238. The lowest BCUT2D eigenvalue weighted by Crippen LogP contribution is -2.30. The number of carbonyl (C=O) groups excluding carboxylic acids is 1. The summed E-state index contributed by atoms with van der Waals surface area (Å²) in [5.41, 5.74) is 8.53. The van der Waals surface area contributed by atoms with E-state index < -0.39 is 5.91 Å². The van der Waals surface area contributed by atoms with Crippen molar-refractivity contribution < 1.29 is 4.79 Å². The van der Waals surface area contributed by atoms with E-state index >= 15 is 0 Å². The van der Waals surface area contributed by atoms with Crippen molar-refractivity contribution in [1.82, 2.24) is 25.1 Å². The maximum absolute atomic E-state index is 12.0. The first-order chi connectivity index (χ1) is 13.7. The molecule has 0 aliphatic carbocycles. The number of hydrogen-bond donors (Lipinski definition) is 2. The molecule has 3 N–H and O–H groups in total. The molecule has 1 aliphatic rings. The summed E-state index contributed by atoms with van der Waals surface area (Å²) in [5.74, 6) is 0.133. The van der Waals surface area contributed by atoms with Crippen LogP contribution in [0.4, 0.5) is 0 Å². The smallest absolute Gasteiger partial charge is 0.269 e. The Morgan fingerprint density at radius 2 is 1.89 bits per heavy atom. The van der Waals surface area contributed by atoms with E-state index in [-0.39, 0.29) is 6.04 Å². The van der Waals surface area contributed by atoms with E-state index in [9.17, 15) is 4.79 Å². The fourth-order valence-electron chi connectivity index (χ4n) is 3.94. The Morgan fingerprint density at radius 1 is 1.11 bits per heavy atom.